The maximum atomic E-state index is 12.8. The minimum Gasteiger partial charge on any atom is -0.380 e. The first kappa shape index (κ1) is 14.7. The van der Waals surface area contributed by atoms with E-state index in [1.54, 1.807) is 6.08 Å². The summed E-state index contributed by atoms with van der Waals surface area (Å²) in [6, 6.07) is 0. The van der Waals surface area contributed by atoms with Gasteiger partial charge >= 0.3 is 12.4 Å². The molecule has 2 aliphatic carbocycles. The molecule has 0 spiro atoms. The van der Waals surface area contributed by atoms with Crippen LogP contribution in [-0.4, -0.2) is 23.1 Å². The van der Waals surface area contributed by atoms with Gasteiger partial charge in [0.25, 0.3) is 0 Å². The highest BCUT2D eigenvalue weighted by molar-refractivity contribution is 5.22. The second kappa shape index (κ2) is 4.40. The summed E-state index contributed by atoms with van der Waals surface area (Å²) in [7, 11) is 0. The van der Waals surface area contributed by atoms with Crippen LogP contribution in [0.1, 0.15) is 32.1 Å². The highest BCUT2D eigenvalue weighted by Gasteiger charge is 2.59. The topological polar surface area (TPSA) is 20.2 Å². The molecule has 19 heavy (non-hydrogen) atoms. The summed E-state index contributed by atoms with van der Waals surface area (Å²) in [6.07, 6.45) is -9.66. The van der Waals surface area contributed by atoms with Crippen LogP contribution < -0.4 is 0 Å². The fraction of sp³-hybridized carbons (Fsp3) is 0.833. The zero-order chi connectivity index (χ0) is 14.5. The summed E-state index contributed by atoms with van der Waals surface area (Å²) in [4.78, 5) is 0. The molecule has 2 aliphatic rings. The number of hydrogen-bond acceptors (Lipinski definition) is 1. The van der Waals surface area contributed by atoms with Crippen LogP contribution >= 0.6 is 0 Å². The van der Waals surface area contributed by atoms with Crippen molar-refractivity contribution in [1.29, 1.82) is 0 Å². The Balaban J connectivity index is 2.17. The van der Waals surface area contributed by atoms with E-state index < -0.39 is 30.8 Å². The number of allylic oxidation sites excluding steroid dienone is 1. The standard InChI is InChI=1S/C12H14F6O/c13-11(14,15)6-10(19,12(16,17)18)5-9-4-7-1-2-8(9)3-7/h4,7-8,19H,1-3,5-6H2. The Bertz CT molecular complexity index is 383. The van der Waals surface area contributed by atoms with Gasteiger partial charge in [0.2, 0.25) is 0 Å². The van der Waals surface area contributed by atoms with Crippen LogP contribution in [0.4, 0.5) is 26.3 Å². The van der Waals surface area contributed by atoms with Crippen molar-refractivity contribution in [2.75, 3.05) is 0 Å². The van der Waals surface area contributed by atoms with E-state index in [0.29, 0.717) is 18.4 Å². The van der Waals surface area contributed by atoms with Gasteiger partial charge in [0.15, 0.2) is 5.60 Å². The second-order valence-electron chi connectivity index (χ2n) is 5.51. The molecule has 0 saturated heterocycles. The molecule has 1 fully saturated rings. The van der Waals surface area contributed by atoms with Crippen molar-refractivity contribution in [3.05, 3.63) is 11.6 Å². The van der Waals surface area contributed by atoms with E-state index in [9.17, 15) is 31.4 Å². The molecule has 2 bridgehead atoms. The average molecular weight is 288 g/mol. The lowest BCUT2D eigenvalue weighted by Crippen LogP contribution is -2.49. The van der Waals surface area contributed by atoms with E-state index in [2.05, 4.69) is 0 Å². The van der Waals surface area contributed by atoms with Gasteiger partial charge in [-0.05, 0) is 31.1 Å². The van der Waals surface area contributed by atoms with E-state index in [4.69, 9.17) is 0 Å². The number of rotatable bonds is 3. The maximum Gasteiger partial charge on any atom is 0.417 e. The lowest BCUT2D eigenvalue weighted by atomic mass is 9.84. The minimum atomic E-state index is -5.29. The fourth-order valence-electron chi connectivity index (χ4n) is 3.08. The second-order valence-corrected chi connectivity index (χ2v) is 5.51. The number of halogens is 6. The number of aliphatic hydroxyl groups is 1. The first-order valence-electron chi connectivity index (χ1n) is 6.07. The molecule has 0 amide bonds. The Labute approximate surface area is 106 Å². The van der Waals surface area contributed by atoms with Gasteiger partial charge in [0, 0.05) is 6.42 Å². The van der Waals surface area contributed by atoms with Crippen LogP contribution in [-0.2, 0) is 0 Å². The predicted molar refractivity (Wildman–Crippen MR) is 55.2 cm³/mol. The zero-order valence-corrected chi connectivity index (χ0v) is 9.98. The van der Waals surface area contributed by atoms with Crippen LogP contribution in [0.3, 0.4) is 0 Å². The highest BCUT2D eigenvalue weighted by Crippen LogP contribution is 2.50. The van der Waals surface area contributed by atoms with Crippen molar-refractivity contribution in [3.8, 4) is 0 Å². The summed E-state index contributed by atoms with van der Waals surface area (Å²) in [5.74, 6) is 0.0791. The van der Waals surface area contributed by atoms with Gasteiger partial charge in [-0.1, -0.05) is 11.6 Å². The summed E-state index contributed by atoms with van der Waals surface area (Å²) in [6.45, 7) is 0. The Kier molecular flexibility index (Phi) is 3.40. The molecule has 0 radical (unpaired) electrons. The van der Waals surface area contributed by atoms with Gasteiger partial charge in [-0.25, -0.2) is 0 Å². The third-order valence-electron chi connectivity index (χ3n) is 3.96. The summed E-state index contributed by atoms with van der Waals surface area (Å²) >= 11 is 0. The lowest BCUT2D eigenvalue weighted by molar-refractivity contribution is -0.293. The monoisotopic (exact) mass is 288 g/mol. The van der Waals surface area contributed by atoms with Crippen LogP contribution in [0.5, 0.6) is 0 Å². The zero-order valence-electron chi connectivity index (χ0n) is 9.98. The van der Waals surface area contributed by atoms with Gasteiger partial charge in [-0.15, -0.1) is 0 Å². The third-order valence-corrected chi connectivity index (χ3v) is 3.96. The van der Waals surface area contributed by atoms with Gasteiger partial charge in [-0.2, -0.15) is 26.3 Å². The smallest absolute Gasteiger partial charge is 0.380 e. The summed E-state index contributed by atoms with van der Waals surface area (Å²) in [5.41, 5.74) is -3.37. The number of alkyl halides is 6. The van der Waals surface area contributed by atoms with Crippen molar-refractivity contribution in [2.24, 2.45) is 11.8 Å². The van der Waals surface area contributed by atoms with Crippen molar-refractivity contribution < 1.29 is 31.4 Å². The predicted octanol–water partition coefficient (Wildman–Crippen LogP) is 3.98. The van der Waals surface area contributed by atoms with Gasteiger partial charge in [-0.3, -0.25) is 0 Å². The molecule has 2 rings (SSSR count). The Morgan fingerprint density at radius 1 is 1.11 bits per heavy atom. The highest BCUT2D eigenvalue weighted by atomic mass is 19.4. The van der Waals surface area contributed by atoms with E-state index in [0.717, 1.165) is 6.42 Å². The maximum absolute atomic E-state index is 12.8. The average Bonchev–Trinajstić information content (AvgIpc) is 2.73. The molecule has 3 atom stereocenters. The van der Waals surface area contributed by atoms with E-state index >= 15 is 0 Å². The summed E-state index contributed by atoms with van der Waals surface area (Å²) < 4.78 is 75.1. The third kappa shape index (κ3) is 3.07. The van der Waals surface area contributed by atoms with Crippen molar-refractivity contribution in [1.82, 2.24) is 0 Å². The summed E-state index contributed by atoms with van der Waals surface area (Å²) in [5, 5.41) is 9.49. The van der Waals surface area contributed by atoms with Crippen LogP contribution in [0.25, 0.3) is 0 Å². The first-order valence-corrected chi connectivity index (χ1v) is 6.07. The molecule has 1 nitrogen and oxygen atoms in total. The molecular weight excluding hydrogens is 274 g/mol. The van der Waals surface area contributed by atoms with Crippen molar-refractivity contribution >= 4 is 0 Å². The Morgan fingerprint density at radius 2 is 1.74 bits per heavy atom. The molecule has 110 valence electrons. The van der Waals surface area contributed by atoms with Crippen molar-refractivity contribution in [3.63, 3.8) is 0 Å². The SMILES string of the molecule is OC(CC1=CC2CCC1C2)(CC(F)(F)F)C(F)(F)F. The molecule has 0 heterocycles. The molecule has 1 saturated carbocycles. The molecule has 3 unspecified atom stereocenters. The molecular formula is C12H14F6O. The minimum absolute atomic E-state index is 0.0906. The fourth-order valence-corrected chi connectivity index (χ4v) is 3.08. The number of hydrogen-bond donors (Lipinski definition) is 1. The molecule has 1 N–H and O–H groups in total. The van der Waals surface area contributed by atoms with E-state index in [1.807, 2.05) is 0 Å². The van der Waals surface area contributed by atoms with Crippen LogP contribution in [0, 0.1) is 11.8 Å². The van der Waals surface area contributed by atoms with Gasteiger partial charge in [0.05, 0.1) is 6.42 Å². The Hall–Kier alpha value is -0.720. The first-order chi connectivity index (χ1) is 8.50. The molecule has 0 aromatic carbocycles. The molecule has 0 aliphatic heterocycles. The molecule has 0 aromatic heterocycles. The van der Waals surface area contributed by atoms with Crippen molar-refractivity contribution in [2.45, 2.75) is 50.1 Å². The molecule has 0 aromatic rings. The molecule has 7 heteroatoms. The van der Waals surface area contributed by atoms with E-state index in [-0.39, 0.29) is 11.8 Å². The van der Waals surface area contributed by atoms with E-state index in [1.165, 1.54) is 0 Å². The largest absolute Gasteiger partial charge is 0.417 e. The van der Waals surface area contributed by atoms with Crippen LogP contribution in [0.15, 0.2) is 11.6 Å². The quantitative estimate of drug-likeness (QED) is 0.615. The lowest BCUT2D eigenvalue weighted by Gasteiger charge is -2.33. The van der Waals surface area contributed by atoms with Gasteiger partial charge < -0.3 is 5.11 Å². The normalized spacial score (nSPS) is 30.4. The van der Waals surface area contributed by atoms with Gasteiger partial charge in [0.1, 0.15) is 0 Å². The van der Waals surface area contributed by atoms with Crippen LogP contribution in [0.2, 0.25) is 0 Å². The number of fused-ring (bicyclic) bond motifs is 2. The Morgan fingerprint density at radius 3 is 2.11 bits per heavy atom.